The zero-order valence-electron chi connectivity index (χ0n) is 17.9. The first-order chi connectivity index (χ1) is 14.2. The summed E-state index contributed by atoms with van der Waals surface area (Å²) in [6.07, 6.45) is 7.07. The van der Waals surface area contributed by atoms with E-state index in [1.54, 1.807) is 0 Å². The fraction of sp³-hybridized carbons (Fsp3) is 0.462. The summed E-state index contributed by atoms with van der Waals surface area (Å²) in [5, 5.41) is 0. The van der Waals surface area contributed by atoms with Crippen LogP contribution in [0.4, 0.5) is 11.4 Å². The second kappa shape index (κ2) is 9.40. The summed E-state index contributed by atoms with van der Waals surface area (Å²) < 4.78 is 0. The maximum absolute atomic E-state index is 3.97. The molecule has 2 aliphatic rings. The fourth-order valence-electron chi connectivity index (χ4n) is 4.49. The van der Waals surface area contributed by atoms with E-state index in [0.29, 0.717) is 5.92 Å². The van der Waals surface area contributed by atoms with Crippen molar-refractivity contribution in [3.8, 4) is 0 Å². The third kappa shape index (κ3) is 4.57. The highest BCUT2D eigenvalue weighted by atomic mass is 32.2. The van der Waals surface area contributed by atoms with Crippen molar-refractivity contribution in [1.82, 2.24) is 4.90 Å². The topological polar surface area (TPSA) is 6.48 Å². The van der Waals surface area contributed by atoms with E-state index in [9.17, 15) is 0 Å². The van der Waals surface area contributed by atoms with Crippen LogP contribution in [0.3, 0.4) is 0 Å². The van der Waals surface area contributed by atoms with Gasteiger partial charge in [0.15, 0.2) is 0 Å². The molecular weight excluding hydrogens is 372 g/mol. The van der Waals surface area contributed by atoms with E-state index in [4.69, 9.17) is 0 Å². The molecule has 0 N–H and O–H groups in total. The number of para-hydroxylation sites is 1. The van der Waals surface area contributed by atoms with Crippen LogP contribution in [-0.2, 0) is 0 Å². The average molecular weight is 407 g/mol. The molecule has 29 heavy (non-hydrogen) atoms. The predicted molar refractivity (Wildman–Crippen MR) is 127 cm³/mol. The Kier molecular flexibility index (Phi) is 6.67. The molecule has 1 unspecified atom stereocenters. The first-order valence-electron chi connectivity index (χ1n) is 11.2. The van der Waals surface area contributed by atoms with E-state index < -0.39 is 0 Å². The average Bonchev–Trinajstić information content (AvgIpc) is 2.78. The van der Waals surface area contributed by atoms with Gasteiger partial charge in [-0.05, 0) is 87.0 Å². The minimum atomic E-state index is 0.607. The molecule has 2 aliphatic heterocycles. The first-order valence-corrected chi connectivity index (χ1v) is 12.0. The quantitative estimate of drug-likeness (QED) is 0.453. The van der Waals surface area contributed by atoms with E-state index in [0.717, 1.165) is 12.5 Å². The molecule has 2 aromatic carbocycles. The standard InChI is InChI=1S/C26H34N2S/c1-4-20(3)22-11-12-26-24(19-22)28(23-9-6-7-10-25(23)29-26)16-8-15-27-17-13-21(5-2)14-18-27/h5-7,9-12,19-21H,2,4,8,13-18H2,1,3H3. The number of benzene rings is 2. The number of allylic oxidation sites excluding steroid dienone is 1. The van der Waals surface area contributed by atoms with Crippen molar-refractivity contribution in [2.24, 2.45) is 5.92 Å². The number of fused-ring (bicyclic) bond motifs is 2. The lowest BCUT2D eigenvalue weighted by Gasteiger charge is -2.35. The molecule has 1 atom stereocenters. The summed E-state index contributed by atoms with van der Waals surface area (Å²) in [6.45, 7) is 13.3. The number of hydrogen-bond acceptors (Lipinski definition) is 3. The van der Waals surface area contributed by atoms with Crippen LogP contribution in [0.1, 0.15) is 51.0 Å². The lowest BCUT2D eigenvalue weighted by Crippen LogP contribution is -2.35. The van der Waals surface area contributed by atoms with Gasteiger partial charge in [0.25, 0.3) is 0 Å². The summed E-state index contributed by atoms with van der Waals surface area (Å²) in [5.41, 5.74) is 4.23. The second-order valence-electron chi connectivity index (χ2n) is 8.53. The third-order valence-corrected chi connectivity index (χ3v) is 7.78. The van der Waals surface area contributed by atoms with Crippen molar-refractivity contribution in [2.75, 3.05) is 31.1 Å². The zero-order valence-corrected chi connectivity index (χ0v) is 18.8. The Balaban J connectivity index is 1.50. The highest BCUT2D eigenvalue weighted by Crippen LogP contribution is 2.48. The van der Waals surface area contributed by atoms with Crippen LogP contribution in [0, 0.1) is 5.92 Å². The molecule has 154 valence electrons. The first kappa shape index (κ1) is 20.6. The lowest BCUT2D eigenvalue weighted by atomic mass is 9.97. The molecule has 2 nitrogen and oxygen atoms in total. The number of piperidine rings is 1. The van der Waals surface area contributed by atoms with Crippen molar-refractivity contribution < 1.29 is 0 Å². The van der Waals surface area contributed by atoms with Crippen LogP contribution in [0.15, 0.2) is 64.9 Å². The van der Waals surface area contributed by atoms with Gasteiger partial charge in [0.1, 0.15) is 0 Å². The van der Waals surface area contributed by atoms with Crippen LogP contribution in [0.5, 0.6) is 0 Å². The predicted octanol–water partition coefficient (Wildman–Crippen LogP) is 7.09. The van der Waals surface area contributed by atoms with Gasteiger partial charge in [0, 0.05) is 16.3 Å². The smallest absolute Gasteiger partial charge is 0.0555 e. The maximum Gasteiger partial charge on any atom is 0.0555 e. The molecular formula is C26H34N2S. The highest BCUT2D eigenvalue weighted by molar-refractivity contribution is 7.99. The van der Waals surface area contributed by atoms with Gasteiger partial charge in [-0.2, -0.15) is 0 Å². The largest absolute Gasteiger partial charge is 0.340 e. The Labute approximate surface area is 181 Å². The van der Waals surface area contributed by atoms with Crippen LogP contribution in [0.2, 0.25) is 0 Å². The van der Waals surface area contributed by atoms with Crippen molar-refractivity contribution in [2.45, 2.75) is 55.2 Å². The minimum Gasteiger partial charge on any atom is -0.340 e. The zero-order chi connectivity index (χ0) is 20.2. The Hall–Kier alpha value is -1.71. The number of hydrogen-bond donors (Lipinski definition) is 0. The second-order valence-corrected chi connectivity index (χ2v) is 9.61. The molecule has 2 aromatic rings. The lowest BCUT2D eigenvalue weighted by molar-refractivity contribution is 0.202. The van der Waals surface area contributed by atoms with E-state index in [1.165, 1.54) is 72.0 Å². The van der Waals surface area contributed by atoms with E-state index >= 15 is 0 Å². The fourth-order valence-corrected chi connectivity index (χ4v) is 5.57. The molecule has 2 heterocycles. The molecule has 0 bridgehead atoms. The van der Waals surface area contributed by atoms with Crippen molar-refractivity contribution >= 4 is 23.1 Å². The van der Waals surface area contributed by atoms with E-state index in [2.05, 4.69) is 78.8 Å². The summed E-state index contributed by atoms with van der Waals surface area (Å²) in [6, 6.07) is 16.0. The Morgan fingerprint density at radius 3 is 2.59 bits per heavy atom. The molecule has 4 rings (SSSR count). The molecule has 0 radical (unpaired) electrons. The van der Waals surface area contributed by atoms with Crippen LogP contribution in [0.25, 0.3) is 0 Å². The molecule has 0 amide bonds. The summed E-state index contributed by atoms with van der Waals surface area (Å²) >= 11 is 1.92. The Morgan fingerprint density at radius 2 is 1.83 bits per heavy atom. The van der Waals surface area contributed by atoms with Gasteiger partial charge >= 0.3 is 0 Å². The van der Waals surface area contributed by atoms with E-state index in [1.807, 2.05) is 11.8 Å². The van der Waals surface area contributed by atoms with Gasteiger partial charge in [0.2, 0.25) is 0 Å². The SMILES string of the molecule is C=CC1CCN(CCCN2c3ccccc3Sc3ccc(C(C)CC)cc32)CC1. The van der Waals surface area contributed by atoms with Crippen molar-refractivity contribution in [3.05, 3.63) is 60.7 Å². The van der Waals surface area contributed by atoms with Gasteiger partial charge in [0.05, 0.1) is 11.4 Å². The summed E-state index contributed by atoms with van der Waals surface area (Å²) in [7, 11) is 0. The van der Waals surface area contributed by atoms with Gasteiger partial charge in [-0.15, -0.1) is 6.58 Å². The monoisotopic (exact) mass is 406 g/mol. The molecule has 0 spiro atoms. The number of likely N-dealkylation sites (tertiary alicyclic amines) is 1. The number of nitrogens with zero attached hydrogens (tertiary/aromatic N) is 2. The van der Waals surface area contributed by atoms with Gasteiger partial charge < -0.3 is 9.80 Å². The maximum atomic E-state index is 3.97. The number of anilines is 2. The molecule has 0 aromatic heterocycles. The number of rotatable bonds is 7. The van der Waals surface area contributed by atoms with Gasteiger partial charge in [-0.1, -0.05) is 49.9 Å². The summed E-state index contributed by atoms with van der Waals surface area (Å²) in [5.74, 6) is 1.33. The van der Waals surface area contributed by atoms with Crippen LogP contribution >= 0.6 is 11.8 Å². The molecule has 1 saturated heterocycles. The summed E-state index contributed by atoms with van der Waals surface area (Å²) in [4.78, 5) is 7.98. The minimum absolute atomic E-state index is 0.607. The van der Waals surface area contributed by atoms with E-state index in [-0.39, 0.29) is 0 Å². The van der Waals surface area contributed by atoms with Gasteiger partial charge in [-0.25, -0.2) is 0 Å². The Bertz CT molecular complexity index is 838. The van der Waals surface area contributed by atoms with Crippen LogP contribution in [-0.4, -0.2) is 31.1 Å². The highest BCUT2D eigenvalue weighted by Gasteiger charge is 2.24. The van der Waals surface area contributed by atoms with Crippen LogP contribution < -0.4 is 4.90 Å². The molecule has 3 heteroatoms. The molecule has 1 fully saturated rings. The van der Waals surface area contributed by atoms with Gasteiger partial charge in [-0.3, -0.25) is 0 Å². The Morgan fingerprint density at radius 1 is 1.07 bits per heavy atom. The normalized spacial score (nSPS) is 18.2. The molecule has 0 saturated carbocycles. The van der Waals surface area contributed by atoms with Crippen molar-refractivity contribution in [1.29, 1.82) is 0 Å². The van der Waals surface area contributed by atoms with Crippen molar-refractivity contribution in [3.63, 3.8) is 0 Å². The third-order valence-electron chi connectivity index (χ3n) is 6.65. The molecule has 0 aliphatic carbocycles.